The van der Waals surface area contributed by atoms with Crippen molar-refractivity contribution < 1.29 is 28.9 Å². The number of nitrogens with zero attached hydrogens (tertiary/aromatic N) is 2. The normalized spacial score (nSPS) is 11.0. The molecule has 0 aliphatic rings. The molecule has 0 aliphatic heterocycles. The molecule has 2 aromatic carbocycles. The third-order valence-electron chi connectivity index (χ3n) is 5.00. The van der Waals surface area contributed by atoms with Crippen LogP contribution in [-0.4, -0.2) is 27.3 Å². The first-order chi connectivity index (χ1) is 15.7. The fraction of sp³-hybridized carbons (Fsp3) is 0.364. The SMILES string of the molecule is CCCCCC(N)(C(=O)OCc1ccccc1[N+](=O)[O-])C(=O)OCc1ccccc1[N+](=O)[O-]. The lowest BCUT2D eigenvalue weighted by atomic mass is 9.93. The predicted molar refractivity (Wildman–Crippen MR) is 117 cm³/mol. The van der Waals surface area contributed by atoms with Crippen LogP contribution in [0, 0.1) is 20.2 Å². The summed E-state index contributed by atoms with van der Waals surface area (Å²) in [5, 5.41) is 22.3. The topological polar surface area (TPSA) is 165 Å². The highest BCUT2D eigenvalue weighted by Crippen LogP contribution is 2.23. The average Bonchev–Trinajstić information content (AvgIpc) is 2.81. The summed E-state index contributed by atoms with van der Waals surface area (Å²) in [5.41, 5.74) is 3.77. The van der Waals surface area contributed by atoms with Crippen molar-refractivity contribution in [2.45, 2.75) is 51.4 Å². The molecule has 0 aromatic heterocycles. The maximum atomic E-state index is 12.8. The van der Waals surface area contributed by atoms with E-state index in [0.29, 0.717) is 12.8 Å². The lowest BCUT2D eigenvalue weighted by Gasteiger charge is -2.25. The van der Waals surface area contributed by atoms with E-state index in [1.54, 1.807) is 12.1 Å². The second-order valence-electron chi connectivity index (χ2n) is 7.35. The Bertz CT molecular complexity index is 951. The van der Waals surface area contributed by atoms with Crippen LogP contribution in [0.4, 0.5) is 11.4 Å². The number of nitro benzene ring substituents is 2. The summed E-state index contributed by atoms with van der Waals surface area (Å²) in [6.45, 7) is 1.01. The van der Waals surface area contributed by atoms with E-state index < -0.39 is 40.5 Å². The lowest BCUT2D eigenvalue weighted by Crippen LogP contribution is -2.56. The molecule has 0 spiro atoms. The zero-order valence-electron chi connectivity index (χ0n) is 18.1. The molecule has 0 radical (unpaired) electrons. The molecule has 0 bridgehead atoms. The minimum atomic E-state index is -2.16. The highest BCUT2D eigenvalue weighted by atomic mass is 16.6. The van der Waals surface area contributed by atoms with Crippen LogP contribution in [0.2, 0.25) is 0 Å². The second-order valence-corrected chi connectivity index (χ2v) is 7.35. The summed E-state index contributed by atoms with van der Waals surface area (Å²) in [7, 11) is 0. The Balaban J connectivity index is 2.17. The van der Waals surface area contributed by atoms with Crippen LogP contribution in [0.15, 0.2) is 48.5 Å². The summed E-state index contributed by atoms with van der Waals surface area (Å²) in [6.07, 6.45) is 1.83. The summed E-state index contributed by atoms with van der Waals surface area (Å²) in [6, 6.07) is 11.4. The first kappa shape index (κ1) is 25.4. The van der Waals surface area contributed by atoms with Crippen molar-refractivity contribution in [3.05, 3.63) is 79.9 Å². The lowest BCUT2D eigenvalue weighted by molar-refractivity contribution is -0.386. The van der Waals surface area contributed by atoms with Crippen molar-refractivity contribution in [3.63, 3.8) is 0 Å². The molecule has 0 heterocycles. The number of rotatable bonds is 12. The van der Waals surface area contributed by atoms with E-state index in [0.717, 1.165) is 6.42 Å². The average molecular weight is 459 g/mol. The van der Waals surface area contributed by atoms with Crippen LogP contribution >= 0.6 is 0 Å². The van der Waals surface area contributed by atoms with E-state index >= 15 is 0 Å². The van der Waals surface area contributed by atoms with Gasteiger partial charge >= 0.3 is 11.9 Å². The van der Waals surface area contributed by atoms with Crippen LogP contribution in [-0.2, 0) is 32.3 Å². The number of benzene rings is 2. The first-order valence-electron chi connectivity index (χ1n) is 10.3. The Morgan fingerprint density at radius 1 is 0.848 bits per heavy atom. The molecule has 0 unspecified atom stereocenters. The molecule has 0 aliphatic carbocycles. The largest absolute Gasteiger partial charge is 0.459 e. The molecule has 2 N–H and O–H groups in total. The molecular weight excluding hydrogens is 434 g/mol. The second kappa shape index (κ2) is 11.7. The highest BCUT2D eigenvalue weighted by Gasteiger charge is 2.45. The van der Waals surface area contributed by atoms with Gasteiger partial charge in [-0.15, -0.1) is 0 Å². The third kappa shape index (κ3) is 6.56. The maximum absolute atomic E-state index is 12.8. The number of hydrogen-bond acceptors (Lipinski definition) is 9. The van der Waals surface area contributed by atoms with Crippen molar-refractivity contribution in [3.8, 4) is 0 Å². The smallest absolute Gasteiger partial charge is 0.338 e. The van der Waals surface area contributed by atoms with Gasteiger partial charge in [0.1, 0.15) is 13.2 Å². The predicted octanol–water partition coefficient (Wildman–Crippen LogP) is 3.57. The number of para-hydroxylation sites is 2. The van der Waals surface area contributed by atoms with Gasteiger partial charge in [0.05, 0.1) is 21.0 Å². The minimum Gasteiger partial charge on any atom is -0.459 e. The Morgan fingerprint density at radius 2 is 1.27 bits per heavy atom. The molecule has 2 rings (SSSR count). The summed E-state index contributed by atoms with van der Waals surface area (Å²) < 4.78 is 10.3. The van der Waals surface area contributed by atoms with Gasteiger partial charge in [0.2, 0.25) is 5.54 Å². The number of carbonyl (C=O) groups is 2. The Kier molecular flexibility index (Phi) is 8.98. The van der Waals surface area contributed by atoms with Crippen molar-refractivity contribution in [2.24, 2.45) is 5.73 Å². The number of unbranched alkanes of at least 4 members (excludes halogenated alkanes) is 2. The number of esters is 2. The Labute approximate surface area is 189 Å². The Hall–Kier alpha value is -3.86. The number of nitrogens with two attached hydrogens (primary N) is 1. The van der Waals surface area contributed by atoms with Gasteiger partial charge in [0.15, 0.2) is 0 Å². The fourth-order valence-electron chi connectivity index (χ4n) is 3.11. The van der Waals surface area contributed by atoms with E-state index in [1.165, 1.54) is 36.4 Å². The summed E-state index contributed by atoms with van der Waals surface area (Å²) >= 11 is 0. The van der Waals surface area contributed by atoms with Gasteiger partial charge in [0, 0.05) is 12.1 Å². The molecule has 11 heteroatoms. The van der Waals surface area contributed by atoms with Crippen molar-refractivity contribution in [1.29, 1.82) is 0 Å². The molecule has 0 fully saturated rings. The van der Waals surface area contributed by atoms with E-state index in [2.05, 4.69) is 0 Å². The van der Waals surface area contributed by atoms with Crippen LogP contribution in [0.1, 0.15) is 43.7 Å². The van der Waals surface area contributed by atoms with Crippen LogP contribution in [0.5, 0.6) is 0 Å². The first-order valence-corrected chi connectivity index (χ1v) is 10.3. The molecule has 0 atom stereocenters. The number of nitro groups is 2. The standard InChI is InChI=1S/C22H25N3O8/c1-2-3-8-13-22(23,20(26)32-14-16-9-4-6-11-18(16)24(28)29)21(27)33-15-17-10-5-7-12-19(17)25(30)31/h4-7,9-12H,2-3,8,13-15,23H2,1H3. The van der Waals surface area contributed by atoms with Gasteiger partial charge in [0.25, 0.3) is 11.4 Å². The van der Waals surface area contributed by atoms with Gasteiger partial charge in [-0.25, -0.2) is 9.59 Å². The van der Waals surface area contributed by atoms with Crippen LogP contribution < -0.4 is 5.73 Å². The molecule has 176 valence electrons. The fourth-order valence-corrected chi connectivity index (χ4v) is 3.11. The van der Waals surface area contributed by atoms with Crippen LogP contribution in [0.3, 0.4) is 0 Å². The van der Waals surface area contributed by atoms with Gasteiger partial charge in [-0.3, -0.25) is 20.2 Å². The van der Waals surface area contributed by atoms with Crippen molar-refractivity contribution >= 4 is 23.3 Å². The van der Waals surface area contributed by atoms with E-state index in [-0.39, 0.29) is 28.9 Å². The van der Waals surface area contributed by atoms with Crippen LogP contribution in [0.25, 0.3) is 0 Å². The third-order valence-corrected chi connectivity index (χ3v) is 5.00. The van der Waals surface area contributed by atoms with Gasteiger partial charge in [-0.1, -0.05) is 50.5 Å². The molecule has 33 heavy (non-hydrogen) atoms. The molecule has 0 saturated carbocycles. The number of hydrogen-bond donors (Lipinski definition) is 1. The zero-order chi connectivity index (χ0) is 24.4. The van der Waals surface area contributed by atoms with Crippen molar-refractivity contribution in [1.82, 2.24) is 0 Å². The number of ether oxygens (including phenoxy) is 2. The Morgan fingerprint density at radius 3 is 1.67 bits per heavy atom. The molecule has 0 saturated heterocycles. The van der Waals surface area contributed by atoms with Gasteiger partial charge in [-0.05, 0) is 18.6 Å². The number of carbonyl (C=O) groups excluding carboxylic acids is 2. The zero-order valence-corrected chi connectivity index (χ0v) is 18.1. The molecule has 0 amide bonds. The highest BCUT2D eigenvalue weighted by molar-refractivity contribution is 6.04. The molecular formula is C22H25N3O8. The van der Waals surface area contributed by atoms with Gasteiger partial charge in [-0.2, -0.15) is 0 Å². The van der Waals surface area contributed by atoms with Gasteiger partial charge < -0.3 is 15.2 Å². The van der Waals surface area contributed by atoms with Crippen molar-refractivity contribution in [2.75, 3.05) is 0 Å². The maximum Gasteiger partial charge on any atom is 0.338 e. The summed E-state index contributed by atoms with van der Waals surface area (Å²) in [4.78, 5) is 46.7. The monoisotopic (exact) mass is 459 g/mol. The van der Waals surface area contributed by atoms with E-state index in [9.17, 15) is 29.8 Å². The van der Waals surface area contributed by atoms with E-state index in [1.807, 2.05) is 6.92 Å². The molecule has 2 aromatic rings. The minimum absolute atomic E-state index is 0.0771. The summed E-state index contributed by atoms with van der Waals surface area (Å²) in [5.74, 6) is -2.19. The van der Waals surface area contributed by atoms with E-state index in [4.69, 9.17) is 15.2 Å². The molecule has 11 nitrogen and oxygen atoms in total. The quantitative estimate of drug-likeness (QED) is 0.164.